The van der Waals surface area contributed by atoms with E-state index in [1.807, 2.05) is 18.2 Å². The summed E-state index contributed by atoms with van der Waals surface area (Å²) >= 11 is 0. The normalized spacial score (nSPS) is 11.8. The van der Waals surface area contributed by atoms with Gasteiger partial charge in [0.05, 0.1) is 19.6 Å². The molecule has 2 aromatic carbocycles. The molecule has 0 saturated heterocycles. The Kier molecular flexibility index (Phi) is 6.11. The molecule has 0 saturated carbocycles. The third-order valence-electron chi connectivity index (χ3n) is 3.54. The molecule has 4 nitrogen and oxygen atoms in total. The number of amides is 1. The lowest BCUT2D eigenvalue weighted by atomic mass is 10.1. The molecule has 0 aliphatic carbocycles. The third kappa shape index (κ3) is 5.07. The number of methoxy groups -OCH3 is 1. The summed E-state index contributed by atoms with van der Waals surface area (Å²) in [5, 5.41) is 12.8. The van der Waals surface area contributed by atoms with Crippen molar-refractivity contribution in [3.8, 4) is 5.75 Å². The van der Waals surface area contributed by atoms with E-state index in [-0.39, 0.29) is 18.1 Å². The molecule has 0 fully saturated rings. The number of rotatable bonds is 7. The van der Waals surface area contributed by atoms with Gasteiger partial charge >= 0.3 is 0 Å². The Morgan fingerprint density at radius 3 is 2.61 bits per heavy atom. The van der Waals surface area contributed by atoms with E-state index in [1.54, 1.807) is 13.2 Å². The molecular weight excluding hydrogens is 297 g/mol. The van der Waals surface area contributed by atoms with E-state index in [1.165, 1.54) is 24.3 Å². The minimum Gasteiger partial charge on any atom is -0.496 e. The quantitative estimate of drug-likeness (QED) is 0.825. The van der Waals surface area contributed by atoms with Gasteiger partial charge in [0.1, 0.15) is 11.6 Å². The Hall–Kier alpha value is -2.40. The van der Waals surface area contributed by atoms with Crippen LogP contribution in [-0.4, -0.2) is 24.7 Å². The van der Waals surface area contributed by atoms with Crippen molar-refractivity contribution in [3.05, 3.63) is 65.5 Å². The first-order chi connectivity index (χ1) is 11.1. The number of aliphatic hydroxyl groups excluding tert-OH is 1. The second-order valence-corrected chi connectivity index (χ2v) is 5.19. The summed E-state index contributed by atoms with van der Waals surface area (Å²) in [6.07, 6.45) is -0.151. The Balaban J connectivity index is 1.79. The van der Waals surface area contributed by atoms with E-state index in [0.29, 0.717) is 24.3 Å². The predicted octanol–water partition coefficient (Wildman–Crippen LogP) is 2.62. The number of hydrogen-bond acceptors (Lipinski definition) is 3. The average Bonchev–Trinajstić information content (AvgIpc) is 2.56. The van der Waals surface area contributed by atoms with Crippen molar-refractivity contribution in [1.82, 2.24) is 5.32 Å². The highest BCUT2D eigenvalue weighted by Gasteiger charge is 2.10. The van der Waals surface area contributed by atoms with Gasteiger partial charge < -0.3 is 15.2 Å². The fourth-order valence-electron chi connectivity index (χ4n) is 2.28. The molecule has 5 heteroatoms. The van der Waals surface area contributed by atoms with Gasteiger partial charge in [-0.3, -0.25) is 4.79 Å². The van der Waals surface area contributed by atoms with Gasteiger partial charge in [-0.15, -0.1) is 0 Å². The van der Waals surface area contributed by atoms with Gasteiger partial charge in [-0.05, 0) is 30.2 Å². The maximum Gasteiger partial charge on any atom is 0.224 e. The zero-order chi connectivity index (χ0) is 16.7. The van der Waals surface area contributed by atoms with E-state index in [9.17, 15) is 14.3 Å². The minimum atomic E-state index is -0.734. The van der Waals surface area contributed by atoms with E-state index in [4.69, 9.17) is 4.74 Å². The molecule has 2 N–H and O–H groups in total. The van der Waals surface area contributed by atoms with Crippen LogP contribution in [0.5, 0.6) is 5.75 Å². The van der Waals surface area contributed by atoms with Crippen molar-refractivity contribution in [2.24, 2.45) is 0 Å². The molecule has 0 heterocycles. The van der Waals surface area contributed by atoms with Gasteiger partial charge in [-0.1, -0.05) is 30.3 Å². The molecule has 0 aliphatic heterocycles. The third-order valence-corrected chi connectivity index (χ3v) is 3.54. The maximum atomic E-state index is 12.8. The number of carbonyl (C=O) groups excluding carboxylic acids is 1. The smallest absolute Gasteiger partial charge is 0.224 e. The number of ether oxygens (including phenoxy) is 1. The number of carbonyl (C=O) groups is 1. The van der Waals surface area contributed by atoms with Crippen molar-refractivity contribution >= 4 is 5.91 Å². The summed E-state index contributed by atoms with van der Waals surface area (Å²) in [5.41, 5.74) is 1.44. The van der Waals surface area contributed by atoms with Crippen molar-refractivity contribution in [1.29, 1.82) is 0 Å². The second-order valence-electron chi connectivity index (χ2n) is 5.19. The molecule has 0 radical (unpaired) electrons. The van der Waals surface area contributed by atoms with Crippen molar-refractivity contribution in [2.75, 3.05) is 13.7 Å². The highest BCUT2D eigenvalue weighted by Crippen LogP contribution is 2.18. The highest BCUT2D eigenvalue weighted by atomic mass is 19.1. The second kappa shape index (κ2) is 8.29. The predicted molar refractivity (Wildman–Crippen MR) is 85.7 cm³/mol. The topological polar surface area (TPSA) is 58.6 Å². The summed E-state index contributed by atoms with van der Waals surface area (Å²) < 4.78 is 18.0. The van der Waals surface area contributed by atoms with Crippen LogP contribution < -0.4 is 10.1 Å². The summed E-state index contributed by atoms with van der Waals surface area (Å²) in [4.78, 5) is 11.9. The minimum absolute atomic E-state index is 0.138. The molecule has 0 aliphatic rings. The molecule has 122 valence electrons. The molecule has 0 aromatic heterocycles. The van der Waals surface area contributed by atoms with Crippen LogP contribution >= 0.6 is 0 Å². The summed E-state index contributed by atoms with van der Waals surface area (Å²) in [6, 6.07) is 13.0. The number of benzene rings is 2. The number of hydrogen-bond donors (Lipinski definition) is 2. The Morgan fingerprint density at radius 2 is 1.91 bits per heavy atom. The Bertz CT molecular complexity index is 643. The zero-order valence-corrected chi connectivity index (χ0v) is 13.0. The summed E-state index contributed by atoms with van der Waals surface area (Å²) in [7, 11) is 1.57. The molecular formula is C18H20FNO3. The van der Waals surface area contributed by atoms with Crippen LogP contribution in [0.4, 0.5) is 4.39 Å². The van der Waals surface area contributed by atoms with Gasteiger partial charge in [0.2, 0.25) is 5.91 Å². The number of para-hydroxylation sites is 1. The van der Waals surface area contributed by atoms with Crippen LogP contribution in [0.2, 0.25) is 0 Å². The standard InChI is InChI=1S/C18H20FNO3/c1-23-17-5-3-2-4-14(17)12-18(22)20-11-10-16(21)13-6-8-15(19)9-7-13/h2-9,16,21H,10-12H2,1H3,(H,20,22). The molecule has 1 unspecified atom stereocenters. The monoisotopic (exact) mass is 317 g/mol. The molecule has 1 amide bonds. The first-order valence-electron chi connectivity index (χ1n) is 7.42. The Morgan fingerprint density at radius 1 is 1.22 bits per heavy atom. The molecule has 0 spiro atoms. The molecule has 2 rings (SSSR count). The van der Waals surface area contributed by atoms with Crippen molar-refractivity contribution < 1.29 is 19.0 Å². The summed E-state index contributed by atoms with van der Waals surface area (Å²) in [6.45, 7) is 0.340. The van der Waals surface area contributed by atoms with Gasteiger partial charge in [-0.2, -0.15) is 0 Å². The average molecular weight is 317 g/mol. The lowest BCUT2D eigenvalue weighted by Gasteiger charge is -2.12. The first-order valence-corrected chi connectivity index (χ1v) is 7.42. The number of aliphatic hydroxyl groups is 1. The van der Waals surface area contributed by atoms with E-state index in [0.717, 1.165) is 5.56 Å². The number of nitrogens with one attached hydrogen (secondary N) is 1. The molecule has 1 atom stereocenters. The van der Waals surface area contributed by atoms with Crippen LogP contribution in [-0.2, 0) is 11.2 Å². The fraction of sp³-hybridized carbons (Fsp3) is 0.278. The van der Waals surface area contributed by atoms with Gasteiger partial charge in [-0.25, -0.2) is 4.39 Å². The van der Waals surface area contributed by atoms with E-state index >= 15 is 0 Å². The zero-order valence-electron chi connectivity index (χ0n) is 13.0. The lowest BCUT2D eigenvalue weighted by Crippen LogP contribution is -2.27. The van der Waals surface area contributed by atoms with Gasteiger partial charge in [0.15, 0.2) is 0 Å². The molecule has 2 aromatic rings. The number of halogens is 1. The van der Waals surface area contributed by atoms with Crippen LogP contribution in [0, 0.1) is 5.82 Å². The highest BCUT2D eigenvalue weighted by molar-refractivity contribution is 5.79. The SMILES string of the molecule is COc1ccccc1CC(=O)NCCC(O)c1ccc(F)cc1. The Labute approximate surface area is 134 Å². The van der Waals surface area contributed by atoms with Crippen LogP contribution in [0.1, 0.15) is 23.7 Å². The lowest BCUT2D eigenvalue weighted by molar-refractivity contribution is -0.120. The van der Waals surface area contributed by atoms with Crippen LogP contribution in [0.25, 0.3) is 0 Å². The molecule has 0 bridgehead atoms. The first kappa shape index (κ1) is 17.0. The van der Waals surface area contributed by atoms with E-state index < -0.39 is 6.10 Å². The van der Waals surface area contributed by atoms with Crippen LogP contribution in [0.3, 0.4) is 0 Å². The van der Waals surface area contributed by atoms with Crippen molar-refractivity contribution in [2.45, 2.75) is 18.9 Å². The fourth-order valence-corrected chi connectivity index (χ4v) is 2.28. The maximum absolute atomic E-state index is 12.8. The van der Waals surface area contributed by atoms with E-state index in [2.05, 4.69) is 5.32 Å². The summed E-state index contributed by atoms with van der Waals surface area (Å²) in [5.74, 6) is 0.195. The molecule has 23 heavy (non-hydrogen) atoms. The van der Waals surface area contributed by atoms with Crippen molar-refractivity contribution in [3.63, 3.8) is 0 Å². The van der Waals surface area contributed by atoms with Gasteiger partial charge in [0, 0.05) is 12.1 Å². The van der Waals surface area contributed by atoms with Crippen LogP contribution in [0.15, 0.2) is 48.5 Å². The van der Waals surface area contributed by atoms with Gasteiger partial charge in [0.25, 0.3) is 0 Å². The largest absolute Gasteiger partial charge is 0.496 e.